The molecule has 1 amide bonds. The predicted molar refractivity (Wildman–Crippen MR) is 85.4 cm³/mol. The summed E-state index contributed by atoms with van der Waals surface area (Å²) in [4.78, 5) is 28.7. The largest absolute Gasteiger partial charge is 0.376 e. The van der Waals surface area contributed by atoms with Gasteiger partial charge in [0.1, 0.15) is 0 Å². The third-order valence-corrected chi connectivity index (χ3v) is 4.02. The van der Waals surface area contributed by atoms with E-state index in [4.69, 9.17) is 9.47 Å². The molecule has 1 saturated heterocycles. The zero-order valence-electron chi connectivity index (χ0n) is 13.2. The van der Waals surface area contributed by atoms with E-state index in [1.54, 1.807) is 16.5 Å². The summed E-state index contributed by atoms with van der Waals surface area (Å²) in [5, 5.41) is 0. The first-order valence-corrected chi connectivity index (χ1v) is 7.76. The first kappa shape index (κ1) is 15.8. The molecule has 1 aromatic carbocycles. The lowest BCUT2D eigenvalue weighted by molar-refractivity contribution is -0.136. The second kappa shape index (κ2) is 6.97. The summed E-state index contributed by atoms with van der Waals surface area (Å²) in [5.41, 5.74) is 1.41. The van der Waals surface area contributed by atoms with E-state index in [2.05, 4.69) is 4.98 Å². The van der Waals surface area contributed by atoms with Crippen molar-refractivity contribution in [2.45, 2.75) is 19.1 Å². The normalized spacial score (nSPS) is 18.2. The number of hydrogen-bond donors (Lipinski definition) is 1. The van der Waals surface area contributed by atoms with Gasteiger partial charge in [0.2, 0.25) is 5.91 Å². The van der Waals surface area contributed by atoms with Gasteiger partial charge in [-0.1, -0.05) is 12.1 Å². The van der Waals surface area contributed by atoms with Gasteiger partial charge < -0.3 is 19.4 Å². The monoisotopic (exact) mass is 319 g/mol. The van der Waals surface area contributed by atoms with E-state index in [9.17, 15) is 9.59 Å². The minimum absolute atomic E-state index is 0.0173. The number of aromatic nitrogens is 2. The molecule has 1 aromatic heterocycles. The number of aromatic amines is 1. The molecule has 124 valence electrons. The molecule has 1 fully saturated rings. The van der Waals surface area contributed by atoms with Crippen molar-refractivity contribution >= 4 is 16.9 Å². The molecule has 1 aliphatic heterocycles. The van der Waals surface area contributed by atoms with Crippen LogP contribution < -0.4 is 5.69 Å². The van der Waals surface area contributed by atoms with Crippen LogP contribution in [0.5, 0.6) is 0 Å². The van der Waals surface area contributed by atoms with E-state index in [1.807, 2.05) is 24.3 Å². The molecule has 7 nitrogen and oxygen atoms in total. The van der Waals surface area contributed by atoms with Crippen LogP contribution >= 0.6 is 0 Å². The standard InChI is InChI=1S/C16H21N3O4/c1-18(10-12-11-22-8-9-23-12)15(20)6-7-19-14-5-3-2-4-13(14)17-16(19)21/h2-5,12H,6-11H2,1H3,(H,17,21). The van der Waals surface area contributed by atoms with Gasteiger partial charge in [0.25, 0.3) is 0 Å². The van der Waals surface area contributed by atoms with E-state index in [1.165, 1.54) is 0 Å². The zero-order valence-corrected chi connectivity index (χ0v) is 13.2. The number of nitrogens with one attached hydrogen (secondary N) is 1. The highest BCUT2D eigenvalue weighted by Gasteiger charge is 2.19. The summed E-state index contributed by atoms with van der Waals surface area (Å²) in [6, 6.07) is 7.46. The van der Waals surface area contributed by atoms with Crippen LogP contribution in [0.2, 0.25) is 0 Å². The molecule has 23 heavy (non-hydrogen) atoms. The number of rotatable bonds is 5. The highest BCUT2D eigenvalue weighted by molar-refractivity contribution is 5.77. The smallest absolute Gasteiger partial charge is 0.326 e. The number of imidazole rings is 1. The molecular weight excluding hydrogens is 298 g/mol. The highest BCUT2D eigenvalue weighted by Crippen LogP contribution is 2.10. The molecule has 0 spiro atoms. The van der Waals surface area contributed by atoms with Crippen molar-refractivity contribution in [2.24, 2.45) is 0 Å². The lowest BCUT2D eigenvalue weighted by atomic mass is 10.3. The Hall–Kier alpha value is -2.12. The fourth-order valence-corrected chi connectivity index (χ4v) is 2.78. The Morgan fingerprint density at radius 1 is 1.39 bits per heavy atom. The Balaban J connectivity index is 1.59. The predicted octanol–water partition coefficient (Wildman–Crippen LogP) is 0.594. The minimum atomic E-state index is -0.189. The van der Waals surface area contributed by atoms with E-state index in [0.717, 1.165) is 11.0 Å². The molecule has 1 unspecified atom stereocenters. The van der Waals surface area contributed by atoms with E-state index in [0.29, 0.717) is 32.9 Å². The number of fused-ring (bicyclic) bond motifs is 1. The van der Waals surface area contributed by atoms with Gasteiger partial charge in [-0.25, -0.2) is 4.79 Å². The second-order valence-electron chi connectivity index (χ2n) is 5.69. The molecule has 2 aromatic rings. The number of hydrogen-bond acceptors (Lipinski definition) is 4. The number of amides is 1. The number of carbonyl (C=O) groups excluding carboxylic acids is 1. The van der Waals surface area contributed by atoms with Gasteiger partial charge in [-0.2, -0.15) is 0 Å². The highest BCUT2D eigenvalue weighted by atomic mass is 16.6. The summed E-state index contributed by atoms with van der Waals surface area (Å²) in [6.07, 6.45) is 0.194. The maximum atomic E-state index is 12.3. The van der Waals surface area contributed by atoms with Gasteiger partial charge in [0, 0.05) is 26.6 Å². The number of aryl methyl sites for hydroxylation is 1. The molecule has 2 heterocycles. The molecule has 1 atom stereocenters. The number of benzene rings is 1. The average Bonchev–Trinajstić information content (AvgIpc) is 2.88. The summed E-state index contributed by atoms with van der Waals surface area (Å²) in [7, 11) is 1.75. The SMILES string of the molecule is CN(CC1COCCO1)C(=O)CCn1c(=O)[nH]c2ccccc21. The lowest BCUT2D eigenvalue weighted by Crippen LogP contribution is -2.41. The quantitative estimate of drug-likeness (QED) is 0.875. The summed E-state index contributed by atoms with van der Waals surface area (Å²) < 4.78 is 12.5. The Morgan fingerprint density at radius 2 is 2.22 bits per heavy atom. The van der Waals surface area contributed by atoms with Crippen molar-refractivity contribution in [3.05, 3.63) is 34.7 Å². The van der Waals surface area contributed by atoms with Crippen LogP contribution in [0.25, 0.3) is 11.0 Å². The first-order chi connectivity index (χ1) is 11.1. The van der Waals surface area contributed by atoms with Crippen molar-refractivity contribution in [3.63, 3.8) is 0 Å². The number of H-pyrrole nitrogens is 1. The number of likely N-dealkylation sites (N-methyl/N-ethyl adjacent to an activating group) is 1. The Labute approximate surface area is 133 Å². The molecule has 0 aliphatic carbocycles. The number of para-hydroxylation sites is 2. The third-order valence-electron chi connectivity index (χ3n) is 4.02. The second-order valence-corrected chi connectivity index (χ2v) is 5.69. The zero-order chi connectivity index (χ0) is 16.2. The fraction of sp³-hybridized carbons (Fsp3) is 0.500. The molecule has 0 bridgehead atoms. The van der Waals surface area contributed by atoms with Crippen LogP contribution in [0.3, 0.4) is 0 Å². The van der Waals surface area contributed by atoms with Gasteiger partial charge in [-0.15, -0.1) is 0 Å². The van der Waals surface area contributed by atoms with Crippen LogP contribution in [0.1, 0.15) is 6.42 Å². The molecule has 7 heteroatoms. The van der Waals surface area contributed by atoms with Gasteiger partial charge in [-0.05, 0) is 12.1 Å². The van der Waals surface area contributed by atoms with E-state index < -0.39 is 0 Å². The lowest BCUT2D eigenvalue weighted by Gasteiger charge is -2.27. The number of carbonyl (C=O) groups is 1. The van der Waals surface area contributed by atoms with Crippen molar-refractivity contribution < 1.29 is 14.3 Å². The van der Waals surface area contributed by atoms with Crippen LogP contribution in [0.15, 0.2) is 29.1 Å². The maximum absolute atomic E-state index is 12.3. The molecule has 1 N–H and O–H groups in total. The van der Waals surface area contributed by atoms with Crippen LogP contribution in [-0.2, 0) is 20.8 Å². The van der Waals surface area contributed by atoms with Crippen molar-refractivity contribution in [1.82, 2.24) is 14.5 Å². The minimum Gasteiger partial charge on any atom is -0.376 e. The number of ether oxygens (including phenoxy) is 2. The molecule has 0 saturated carbocycles. The van der Waals surface area contributed by atoms with E-state index >= 15 is 0 Å². The van der Waals surface area contributed by atoms with Gasteiger partial charge >= 0.3 is 5.69 Å². The summed E-state index contributed by atoms with van der Waals surface area (Å²) in [5.74, 6) is -0.0173. The van der Waals surface area contributed by atoms with Crippen LogP contribution in [0.4, 0.5) is 0 Å². The van der Waals surface area contributed by atoms with Crippen molar-refractivity contribution in [3.8, 4) is 0 Å². The summed E-state index contributed by atoms with van der Waals surface area (Å²) in [6.45, 7) is 2.55. The Morgan fingerprint density at radius 3 is 3.00 bits per heavy atom. The van der Waals surface area contributed by atoms with Gasteiger partial charge in [0.05, 0.1) is 37.0 Å². The Bertz CT molecular complexity index is 730. The van der Waals surface area contributed by atoms with Gasteiger partial charge in [0.15, 0.2) is 0 Å². The molecule has 0 radical (unpaired) electrons. The van der Waals surface area contributed by atoms with Crippen molar-refractivity contribution in [1.29, 1.82) is 0 Å². The topological polar surface area (TPSA) is 76.6 Å². The van der Waals surface area contributed by atoms with Crippen LogP contribution in [0, 0.1) is 0 Å². The summed E-state index contributed by atoms with van der Waals surface area (Å²) >= 11 is 0. The Kier molecular flexibility index (Phi) is 4.78. The maximum Gasteiger partial charge on any atom is 0.326 e. The fourth-order valence-electron chi connectivity index (χ4n) is 2.78. The number of nitrogens with zero attached hydrogens (tertiary/aromatic N) is 2. The average molecular weight is 319 g/mol. The molecule has 1 aliphatic rings. The van der Waals surface area contributed by atoms with Crippen LogP contribution in [-0.4, -0.2) is 59.9 Å². The third kappa shape index (κ3) is 3.62. The first-order valence-electron chi connectivity index (χ1n) is 7.76. The molecule has 3 rings (SSSR count). The van der Waals surface area contributed by atoms with Crippen molar-refractivity contribution in [2.75, 3.05) is 33.4 Å². The van der Waals surface area contributed by atoms with E-state index in [-0.39, 0.29) is 24.1 Å². The molecular formula is C16H21N3O4. The van der Waals surface area contributed by atoms with Gasteiger partial charge in [-0.3, -0.25) is 9.36 Å².